The summed E-state index contributed by atoms with van der Waals surface area (Å²) in [4.78, 5) is 26.1. The third kappa shape index (κ3) is 4.05. The lowest BCUT2D eigenvalue weighted by Gasteiger charge is -2.18. The largest absolute Gasteiger partial charge is 0.494 e. The first-order chi connectivity index (χ1) is 14.0. The average Bonchev–Trinajstić information content (AvgIpc) is 2.95. The molecule has 0 saturated heterocycles. The molecule has 0 bridgehead atoms. The van der Waals surface area contributed by atoms with Crippen LogP contribution < -0.4 is 15.0 Å². The Morgan fingerprint density at radius 2 is 1.90 bits per heavy atom. The van der Waals surface area contributed by atoms with Crippen LogP contribution in [0.4, 0.5) is 5.69 Å². The Balaban J connectivity index is 1.41. The van der Waals surface area contributed by atoms with Gasteiger partial charge in [-0.05, 0) is 47.5 Å². The lowest BCUT2D eigenvalue weighted by Crippen LogP contribution is -2.37. The molecular weight excluding hydrogens is 388 g/mol. The summed E-state index contributed by atoms with van der Waals surface area (Å²) >= 11 is 6.09. The van der Waals surface area contributed by atoms with Gasteiger partial charge >= 0.3 is 0 Å². The molecule has 0 radical (unpaired) electrons. The van der Waals surface area contributed by atoms with E-state index < -0.39 is 6.04 Å². The number of halogens is 1. The molecule has 0 unspecified atom stereocenters. The standard InChI is InChI=1S/C23H21ClN2O3/c1-15(27)25-22-20-14-18(24)8-10-21(20)26(23(22)28)11-4-12-29-19-9-7-16-5-2-3-6-17(16)13-19/h2-3,5-10,13-14,22H,4,11-12H2,1H3,(H,25,27)/t22-/m0/s1. The predicted octanol–water partition coefficient (Wildman–Crippen LogP) is 4.49. The van der Waals surface area contributed by atoms with Crippen LogP contribution in [0.3, 0.4) is 0 Å². The fraction of sp³-hybridized carbons (Fsp3) is 0.217. The normalized spacial score (nSPS) is 15.4. The molecule has 0 spiro atoms. The third-order valence-electron chi connectivity index (χ3n) is 4.97. The van der Waals surface area contributed by atoms with Crippen LogP contribution in [0.25, 0.3) is 10.8 Å². The molecule has 4 rings (SSSR count). The van der Waals surface area contributed by atoms with Crippen molar-refractivity contribution in [2.45, 2.75) is 19.4 Å². The number of fused-ring (bicyclic) bond motifs is 2. The Labute approximate surface area is 174 Å². The van der Waals surface area contributed by atoms with E-state index >= 15 is 0 Å². The van der Waals surface area contributed by atoms with E-state index in [1.54, 1.807) is 17.0 Å². The fourth-order valence-electron chi connectivity index (χ4n) is 3.65. The van der Waals surface area contributed by atoms with E-state index in [1.807, 2.05) is 36.4 Å². The summed E-state index contributed by atoms with van der Waals surface area (Å²) in [6, 6.07) is 18.7. The van der Waals surface area contributed by atoms with Crippen molar-refractivity contribution in [2.24, 2.45) is 0 Å². The summed E-state index contributed by atoms with van der Waals surface area (Å²) in [5, 5.41) is 5.55. The number of nitrogens with one attached hydrogen (secondary N) is 1. The molecule has 2 amide bonds. The Kier molecular flexibility index (Phi) is 5.41. The van der Waals surface area contributed by atoms with Gasteiger partial charge in [0, 0.05) is 29.7 Å². The van der Waals surface area contributed by atoms with E-state index in [0.717, 1.165) is 22.4 Å². The van der Waals surface area contributed by atoms with Crippen molar-refractivity contribution in [3.05, 3.63) is 71.2 Å². The summed E-state index contributed by atoms with van der Waals surface area (Å²) < 4.78 is 5.88. The maximum atomic E-state index is 12.8. The summed E-state index contributed by atoms with van der Waals surface area (Å²) in [5.74, 6) is 0.402. The molecule has 0 fully saturated rings. The van der Waals surface area contributed by atoms with E-state index in [4.69, 9.17) is 16.3 Å². The molecule has 3 aromatic rings. The minimum atomic E-state index is -0.692. The number of amides is 2. The summed E-state index contributed by atoms with van der Waals surface area (Å²) in [7, 11) is 0. The fourth-order valence-corrected chi connectivity index (χ4v) is 3.83. The van der Waals surface area contributed by atoms with Crippen molar-refractivity contribution >= 4 is 39.9 Å². The van der Waals surface area contributed by atoms with Gasteiger partial charge in [0.1, 0.15) is 11.8 Å². The number of rotatable bonds is 6. The number of hydrogen-bond donors (Lipinski definition) is 1. The van der Waals surface area contributed by atoms with Crippen LogP contribution in [0, 0.1) is 0 Å². The van der Waals surface area contributed by atoms with Gasteiger partial charge in [-0.25, -0.2) is 0 Å². The Morgan fingerprint density at radius 3 is 2.69 bits per heavy atom. The maximum Gasteiger partial charge on any atom is 0.254 e. The Bertz CT molecular complexity index is 1080. The molecule has 0 saturated carbocycles. The zero-order valence-electron chi connectivity index (χ0n) is 16.0. The van der Waals surface area contributed by atoms with Gasteiger partial charge in [0.2, 0.25) is 5.91 Å². The maximum absolute atomic E-state index is 12.8. The van der Waals surface area contributed by atoms with Crippen LogP contribution in [0.2, 0.25) is 5.02 Å². The highest BCUT2D eigenvalue weighted by molar-refractivity contribution is 6.31. The second-order valence-corrected chi connectivity index (χ2v) is 7.47. The Morgan fingerprint density at radius 1 is 1.10 bits per heavy atom. The molecule has 6 heteroatoms. The van der Waals surface area contributed by atoms with Crippen molar-refractivity contribution in [3.63, 3.8) is 0 Å². The summed E-state index contributed by atoms with van der Waals surface area (Å²) in [5.41, 5.74) is 1.51. The topological polar surface area (TPSA) is 58.6 Å². The smallest absolute Gasteiger partial charge is 0.254 e. The van der Waals surface area contributed by atoms with Crippen molar-refractivity contribution in [3.8, 4) is 5.75 Å². The molecule has 1 N–H and O–H groups in total. The predicted molar refractivity (Wildman–Crippen MR) is 114 cm³/mol. The Hall–Kier alpha value is -3.05. The molecule has 148 valence electrons. The number of anilines is 1. The highest BCUT2D eigenvalue weighted by Gasteiger charge is 2.37. The van der Waals surface area contributed by atoms with E-state index in [-0.39, 0.29) is 11.8 Å². The number of benzene rings is 3. The molecule has 1 heterocycles. The third-order valence-corrected chi connectivity index (χ3v) is 5.20. The quantitative estimate of drug-likeness (QED) is 0.611. The van der Waals surface area contributed by atoms with Gasteiger partial charge in [-0.2, -0.15) is 0 Å². The highest BCUT2D eigenvalue weighted by atomic mass is 35.5. The number of hydrogen-bond acceptors (Lipinski definition) is 3. The first-order valence-corrected chi connectivity index (χ1v) is 9.90. The van der Waals surface area contributed by atoms with Crippen molar-refractivity contribution in [1.29, 1.82) is 0 Å². The molecule has 3 aromatic carbocycles. The number of nitrogens with zero attached hydrogens (tertiary/aromatic N) is 1. The monoisotopic (exact) mass is 408 g/mol. The number of ether oxygens (including phenoxy) is 1. The lowest BCUT2D eigenvalue weighted by atomic mass is 10.1. The van der Waals surface area contributed by atoms with Gasteiger partial charge in [-0.3, -0.25) is 9.59 Å². The van der Waals surface area contributed by atoms with E-state index in [9.17, 15) is 9.59 Å². The molecular formula is C23H21ClN2O3. The first-order valence-electron chi connectivity index (χ1n) is 9.52. The van der Waals surface area contributed by atoms with Crippen molar-refractivity contribution in [2.75, 3.05) is 18.1 Å². The van der Waals surface area contributed by atoms with Gasteiger partial charge in [-0.1, -0.05) is 41.9 Å². The van der Waals surface area contributed by atoms with E-state index in [2.05, 4.69) is 17.4 Å². The van der Waals surface area contributed by atoms with Gasteiger partial charge in [-0.15, -0.1) is 0 Å². The van der Waals surface area contributed by atoms with Crippen LogP contribution in [0.5, 0.6) is 5.75 Å². The van der Waals surface area contributed by atoms with E-state index in [1.165, 1.54) is 12.3 Å². The molecule has 0 aromatic heterocycles. The molecule has 29 heavy (non-hydrogen) atoms. The van der Waals surface area contributed by atoms with Crippen LogP contribution >= 0.6 is 11.6 Å². The van der Waals surface area contributed by atoms with Gasteiger partial charge in [0.25, 0.3) is 5.91 Å². The van der Waals surface area contributed by atoms with Gasteiger partial charge < -0.3 is 15.0 Å². The lowest BCUT2D eigenvalue weighted by molar-refractivity contribution is -0.126. The highest BCUT2D eigenvalue weighted by Crippen LogP contribution is 2.37. The molecule has 5 nitrogen and oxygen atoms in total. The van der Waals surface area contributed by atoms with Crippen LogP contribution in [0.1, 0.15) is 24.9 Å². The van der Waals surface area contributed by atoms with Crippen LogP contribution in [-0.2, 0) is 9.59 Å². The SMILES string of the molecule is CC(=O)N[C@@H]1C(=O)N(CCCOc2ccc3ccccc3c2)c2ccc(Cl)cc21. The molecule has 1 aliphatic heterocycles. The van der Waals surface area contributed by atoms with Gasteiger partial charge in [0.05, 0.1) is 6.61 Å². The van der Waals surface area contributed by atoms with Crippen LogP contribution in [-0.4, -0.2) is 25.0 Å². The molecule has 1 atom stereocenters. The molecule has 0 aliphatic carbocycles. The van der Waals surface area contributed by atoms with E-state index in [0.29, 0.717) is 24.6 Å². The van der Waals surface area contributed by atoms with Crippen molar-refractivity contribution < 1.29 is 14.3 Å². The zero-order valence-corrected chi connectivity index (χ0v) is 16.8. The number of carbonyl (C=O) groups excluding carboxylic acids is 2. The summed E-state index contributed by atoms with van der Waals surface area (Å²) in [6.07, 6.45) is 0.660. The first kappa shape index (κ1) is 19.3. The summed E-state index contributed by atoms with van der Waals surface area (Å²) in [6.45, 7) is 2.38. The van der Waals surface area contributed by atoms with Gasteiger partial charge in [0.15, 0.2) is 0 Å². The second-order valence-electron chi connectivity index (χ2n) is 7.04. The number of carbonyl (C=O) groups is 2. The zero-order chi connectivity index (χ0) is 20.4. The average molecular weight is 409 g/mol. The van der Waals surface area contributed by atoms with Crippen LogP contribution in [0.15, 0.2) is 60.7 Å². The second kappa shape index (κ2) is 8.13. The minimum absolute atomic E-state index is 0.150. The molecule has 1 aliphatic rings. The minimum Gasteiger partial charge on any atom is -0.494 e. The van der Waals surface area contributed by atoms with Crippen molar-refractivity contribution in [1.82, 2.24) is 5.32 Å².